The van der Waals surface area contributed by atoms with E-state index in [9.17, 15) is 0 Å². The minimum absolute atomic E-state index is 0.826. The van der Waals surface area contributed by atoms with E-state index in [-0.39, 0.29) is 0 Å². The van der Waals surface area contributed by atoms with E-state index in [1.165, 1.54) is 31.3 Å². The van der Waals surface area contributed by atoms with E-state index < -0.39 is 0 Å². The van der Waals surface area contributed by atoms with Crippen molar-refractivity contribution >= 4 is 11.9 Å². The summed E-state index contributed by atoms with van der Waals surface area (Å²) in [5, 5.41) is 8.79. The predicted octanol–water partition coefficient (Wildman–Crippen LogP) is -0.00190. The highest BCUT2D eigenvalue weighted by atomic mass is 32.2. The summed E-state index contributed by atoms with van der Waals surface area (Å²) >= 11 is 1.27. The van der Waals surface area contributed by atoms with Crippen LogP contribution in [0.2, 0.25) is 0 Å². The van der Waals surface area contributed by atoms with Crippen LogP contribution in [0.4, 0.5) is 0 Å². The molecule has 0 aromatic rings. The number of nitrogens with one attached hydrogen (secondary N) is 1. The third kappa shape index (κ3) is 8.89. The maximum absolute atomic E-state index is 5.45. The first kappa shape index (κ1) is 14.9. The standard InChI is InChI=1S/C10H24N4S/c1-3-4-6-14(2)7-5-13-9-10(8-11)15-12/h8,13H,3-7,9,11-12H2,1-2H3/p+1/b10-8-. The van der Waals surface area contributed by atoms with Crippen molar-refractivity contribution in [3.8, 4) is 0 Å². The van der Waals surface area contributed by atoms with Crippen LogP contribution in [0, 0.1) is 0 Å². The van der Waals surface area contributed by atoms with Gasteiger partial charge in [0.2, 0.25) is 0 Å². The van der Waals surface area contributed by atoms with Gasteiger partial charge in [-0.2, -0.15) is 0 Å². The van der Waals surface area contributed by atoms with Gasteiger partial charge < -0.3 is 16.0 Å². The molecule has 0 aliphatic rings. The van der Waals surface area contributed by atoms with E-state index in [2.05, 4.69) is 29.9 Å². The molecule has 5 heteroatoms. The van der Waals surface area contributed by atoms with Gasteiger partial charge in [-0.25, -0.2) is 0 Å². The van der Waals surface area contributed by atoms with Crippen molar-refractivity contribution in [2.24, 2.45) is 5.14 Å². The van der Waals surface area contributed by atoms with E-state index in [1.807, 2.05) is 0 Å². The lowest BCUT2D eigenvalue weighted by Gasteiger charge is -2.16. The Balaban J connectivity index is 3.37. The fourth-order valence-electron chi connectivity index (χ4n) is 1.18. The Kier molecular flexibility index (Phi) is 10.4. The molecular weight excluding hydrogens is 208 g/mol. The highest BCUT2D eigenvalue weighted by molar-refractivity contribution is 8.00. The van der Waals surface area contributed by atoms with Crippen LogP contribution in [0.3, 0.4) is 0 Å². The Morgan fingerprint density at radius 3 is 2.80 bits per heavy atom. The molecule has 0 aliphatic heterocycles. The van der Waals surface area contributed by atoms with Crippen LogP contribution in [0.15, 0.2) is 11.1 Å². The van der Waals surface area contributed by atoms with Gasteiger partial charge in [0, 0.05) is 19.6 Å². The number of nitrogens with zero attached hydrogens (tertiary/aromatic N) is 1. The molecule has 0 radical (unpaired) electrons. The van der Waals surface area contributed by atoms with Crippen LogP contribution in [0.25, 0.3) is 0 Å². The molecule has 90 valence electrons. The Bertz CT molecular complexity index is 173. The van der Waals surface area contributed by atoms with Crippen molar-refractivity contribution < 1.29 is 5.73 Å². The van der Waals surface area contributed by atoms with E-state index in [0.29, 0.717) is 0 Å². The molecule has 0 amide bonds. The fraction of sp³-hybridized carbons (Fsp3) is 0.800. The van der Waals surface area contributed by atoms with Crippen molar-refractivity contribution in [1.29, 1.82) is 0 Å². The lowest BCUT2D eigenvalue weighted by atomic mass is 10.3. The Labute approximate surface area is 97.6 Å². The van der Waals surface area contributed by atoms with Crippen LogP contribution in [0.5, 0.6) is 0 Å². The second-order valence-electron chi connectivity index (χ2n) is 3.62. The first-order valence-electron chi connectivity index (χ1n) is 5.48. The van der Waals surface area contributed by atoms with Crippen LogP contribution in [-0.4, -0.2) is 38.1 Å². The average molecular weight is 233 g/mol. The average Bonchev–Trinajstić information content (AvgIpc) is 2.26. The molecule has 0 heterocycles. The molecule has 0 rings (SSSR count). The molecule has 0 saturated heterocycles. The summed E-state index contributed by atoms with van der Waals surface area (Å²) in [6, 6.07) is 0. The van der Waals surface area contributed by atoms with Crippen LogP contribution in [0.1, 0.15) is 19.8 Å². The molecule has 0 unspecified atom stereocenters. The number of likely N-dealkylation sites (N-methyl/N-ethyl adjacent to an activating group) is 1. The second kappa shape index (κ2) is 10.4. The van der Waals surface area contributed by atoms with E-state index in [1.54, 1.807) is 6.20 Å². The lowest BCUT2D eigenvalue weighted by molar-refractivity contribution is -0.275. The third-order valence-electron chi connectivity index (χ3n) is 2.24. The van der Waals surface area contributed by atoms with Crippen molar-refractivity contribution in [1.82, 2.24) is 10.2 Å². The third-order valence-corrected chi connectivity index (χ3v) is 2.86. The zero-order chi connectivity index (χ0) is 11.5. The SMILES string of the molecule is CCCCN(C)CCNC/C(=C/[NH3+])SN. The normalized spacial score (nSPS) is 12.5. The molecule has 6 N–H and O–H groups in total. The minimum atomic E-state index is 0.826. The fourth-order valence-corrected chi connectivity index (χ4v) is 1.46. The number of rotatable bonds is 9. The summed E-state index contributed by atoms with van der Waals surface area (Å²) in [6.45, 7) is 6.31. The van der Waals surface area contributed by atoms with Gasteiger partial charge in [0.05, 0.1) is 4.91 Å². The van der Waals surface area contributed by atoms with E-state index in [0.717, 1.165) is 24.5 Å². The molecule has 0 fully saturated rings. The first-order chi connectivity index (χ1) is 7.24. The van der Waals surface area contributed by atoms with Gasteiger partial charge in [0.25, 0.3) is 0 Å². The predicted molar refractivity (Wildman–Crippen MR) is 68.0 cm³/mol. The molecule has 0 spiro atoms. The number of unbranched alkanes of at least 4 members (excludes halogenated alkanes) is 1. The highest BCUT2D eigenvalue weighted by Gasteiger charge is 1.98. The van der Waals surface area contributed by atoms with Crippen LogP contribution < -0.4 is 16.2 Å². The topological polar surface area (TPSA) is 68.9 Å². The number of hydrogen-bond acceptors (Lipinski definition) is 4. The van der Waals surface area contributed by atoms with Crippen LogP contribution >= 0.6 is 11.9 Å². The van der Waals surface area contributed by atoms with Gasteiger partial charge in [0.15, 0.2) is 0 Å². The molecule has 0 aromatic heterocycles. The summed E-state index contributed by atoms with van der Waals surface area (Å²) < 4.78 is 0. The molecule has 4 nitrogen and oxygen atoms in total. The zero-order valence-corrected chi connectivity index (χ0v) is 10.8. The summed E-state index contributed by atoms with van der Waals surface area (Å²) in [7, 11) is 2.16. The van der Waals surface area contributed by atoms with Crippen LogP contribution in [-0.2, 0) is 0 Å². The maximum atomic E-state index is 5.45. The van der Waals surface area contributed by atoms with E-state index in [4.69, 9.17) is 5.14 Å². The molecule has 0 bridgehead atoms. The highest BCUT2D eigenvalue weighted by Crippen LogP contribution is 2.02. The van der Waals surface area contributed by atoms with Crippen molar-refractivity contribution in [2.45, 2.75) is 19.8 Å². The molecule has 0 atom stereocenters. The van der Waals surface area contributed by atoms with Crippen molar-refractivity contribution in [3.05, 3.63) is 11.1 Å². The van der Waals surface area contributed by atoms with Gasteiger partial charge in [-0.3, -0.25) is 5.14 Å². The van der Waals surface area contributed by atoms with E-state index >= 15 is 0 Å². The summed E-state index contributed by atoms with van der Waals surface area (Å²) in [4.78, 5) is 3.44. The second-order valence-corrected chi connectivity index (χ2v) is 4.38. The van der Waals surface area contributed by atoms with Gasteiger partial charge >= 0.3 is 0 Å². The maximum Gasteiger partial charge on any atom is 0.103 e. The quantitative estimate of drug-likeness (QED) is 0.387. The van der Waals surface area contributed by atoms with Crippen molar-refractivity contribution in [3.63, 3.8) is 0 Å². The summed E-state index contributed by atoms with van der Waals surface area (Å²) in [6.07, 6.45) is 4.34. The number of quaternary nitrogens is 1. The molecule has 0 aromatic carbocycles. The van der Waals surface area contributed by atoms with Gasteiger partial charge in [-0.1, -0.05) is 13.3 Å². The Morgan fingerprint density at radius 2 is 2.27 bits per heavy atom. The Morgan fingerprint density at radius 1 is 1.53 bits per heavy atom. The Hall–Kier alpha value is -0.0700. The van der Waals surface area contributed by atoms with Gasteiger partial charge in [-0.05, 0) is 32.0 Å². The molecule has 0 saturated carbocycles. The summed E-state index contributed by atoms with van der Waals surface area (Å²) in [5.41, 5.74) is 3.70. The summed E-state index contributed by atoms with van der Waals surface area (Å²) in [5.74, 6) is 0. The number of nitrogens with two attached hydrogens (primary N) is 1. The molecular formula is C10H25N4S+. The lowest BCUT2D eigenvalue weighted by Crippen LogP contribution is -2.41. The minimum Gasteiger partial charge on any atom is -0.331 e. The largest absolute Gasteiger partial charge is 0.331 e. The first-order valence-corrected chi connectivity index (χ1v) is 6.36. The number of hydrogen-bond donors (Lipinski definition) is 3. The molecule has 15 heavy (non-hydrogen) atoms. The van der Waals surface area contributed by atoms with Gasteiger partial charge in [0.1, 0.15) is 6.20 Å². The zero-order valence-electron chi connectivity index (χ0n) is 9.96. The van der Waals surface area contributed by atoms with Gasteiger partial charge in [-0.15, -0.1) is 0 Å². The monoisotopic (exact) mass is 233 g/mol. The molecule has 0 aliphatic carbocycles. The van der Waals surface area contributed by atoms with Crippen molar-refractivity contribution in [2.75, 3.05) is 33.2 Å². The smallest absolute Gasteiger partial charge is 0.103 e.